The average molecular weight is 928 g/mol. The molecule has 1 unspecified atom stereocenters. The topological polar surface area (TPSA) is 236 Å². The molecule has 7 amide bonds. The van der Waals surface area contributed by atoms with Crippen molar-refractivity contribution in [3.05, 3.63) is 74.7 Å². The molecule has 0 saturated carbocycles. The maximum Gasteiger partial charge on any atom is 0.317 e. The number of carboxylic acid groups (broad SMARTS) is 1. The molecule has 2 aromatic carbocycles. The Hall–Kier alpha value is -6.80. The van der Waals surface area contributed by atoms with Gasteiger partial charge in [0.1, 0.15) is 23.3 Å². The molecule has 0 bridgehead atoms. The number of pyridine rings is 1. The SMILES string of the molecule is CNC(=O)N1CCc2c(-c3cc(OC)c(CN4CCC5(CC4)CN(C(=O)CCCCOc4cccc6c4C(=O)N(C4CCC(=O)NC4=O)C6=O)CCO5)c(OC)c3)cn(C)c(=O)c2C1.O=CO. The Bertz CT molecular complexity index is 2470. The number of hydrogen-bond donors (Lipinski definition) is 3. The van der Waals surface area contributed by atoms with Gasteiger partial charge in [-0.3, -0.25) is 48.7 Å². The summed E-state index contributed by atoms with van der Waals surface area (Å²) < 4.78 is 25.9. The number of morpholine rings is 1. The van der Waals surface area contributed by atoms with Crippen LogP contribution in [0.4, 0.5) is 4.79 Å². The lowest BCUT2D eigenvalue weighted by Crippen LogP contribution is -2.57. The number of nitrogens with one attached hydrogen (secondary N) is 2. The molecule has 3 saturated heterocycles. The molecule has 6 heterocycles. The number of carbonyl (C=O) groups excluding carboxylic acids is 6. The summed E-state index contributed by atoms with van der Waals surface area (Å²) in [5.41, 5.74) is 3.86. The molecule has 8 rings (SSSR count). The van der Waals surface area contributed by atoms with Crippen LogP contribution in [0.1, 0.15) is 82.4 Å². The van der Waals surface area contributed by atoms with Crippen LogP contribution in [-0.2, 0) is 50.5 Å². The van der Waals surface area contributed by atoms with E-state index < -0.39 is 35.3 Å². The normalized spacial score (nSPS) is 18.9. The molecule has 0 radical (unpaired) electrons. The number of imide groups is 2. The molecule has 20 heteroatoms. The van der Waals surface area contributed by atoms with Crippen LogP contribution in [0.15, 0.2) is 41.3 Å². The zero-order chi connectivity index (χ0) is 48.0. The number of fused-ring (bicyclic) bond motifs is 2. The van der Waals surface area contributed by atoms with Gasteiger partial charge in [0.15, 0.2) is 0 Å². The van der Waals surface area contributed by atoms with Crippen LogP contribution in [0.3, 0.4) is 0 Å². The average Bonchev–Trinajstić information content (AvgIpc) is 3.59. The molecule has 3 fully saturated rings. The van der Waals surface area contributed by atoms with Crippen molar-refractivity contribution in [2.24, 2.45) is 7.05 Å². The Morgan fingerprint density at radius 2 is 1.64 bits per heavy atom. The van der Waals surface area contributed by atoms with Crippen LogP contribution in [0, 0.1) is 0 Å². The first-order valence-corrected chi connectivity index (χ1v) is 22.4. The number of ether oxygens (including phenoxy) is 4. The van der Waals surface area contributed by atoms with E-state index in [9.17, 15) is 33.6 Å². The molecule has 5 aliphatic rings. The molecular weight excluding hydrogens is 871 g/mol. The summed E-state index contributed by atoms with van der Waals surface area (Å²) in [5.74, 6) is -0.705. The van der Waals surface area contributed by atoms with Crippen LogP contribution in [0.5, 0.6) is 17.2 Å². The maximum absolute atomic E-state index is 13.5. The van der Waals surface area contributed by atoms with Gasteiger partial charge in [-0.15, -0.1) is 0 Å². The third-order valence-electron chi connectivity index (χ3n) is 13.2. The van der Waals surface area contributed by atoms with Crippen molar-refractivity contribution in [2.75, 3.05) is 67.2 Å². The number of amides is 7. The second-order valence-electron chi connectivity index (χ2n) is 17.2. The van der Waals surface area contributed by atoms with Crippen molar-refractivity contribution in [1.29, 1.82) is 0 Å². The number of benzene rings is 2. The first-order chi connectivity index (χ1) is 32.3. The smallest absolute Gasteiger partial charge is 0.317 e. The van der Waals surface area contributed by atoms with Crippen LogP contribution < -0.4 is 30.4 Å². The lowest BCUT2D eigenvalue weighted by Gasteiger charge is -2.47. The number of rotatable bonds is 12. The van der Waals surface area contributed by atoms with Gasteiger partial charge in [-0.25, -0.2) is 4.79 Å². The zero-order valence-corrected chi connectivity index (χ0v) is 38.2. The molecule has 1 spiro atoms. The van der Waals surface area contributed by atoms with Gasteiger partial charge in [0, 0.05) is 83.5 Å². The van der Waals surface area contributed by atoms with E-state index in [1.165, 1.54) is 6.07 Å². The molecule has 358 valence electrons. The largest absolute Gasteiger partial charge is 0.496 e. The van der Waals surface area contributed by atoms with Gasteiger partial charge in [-0.1, -0.05) is 6.07 Å². The minimum absolute atomic E-state index is 0.0353. The van der Waals surface area contributed by atoms with E-state index in [1.54, 1.807) is 49.9 Å². The number of hydrogen-bond acceptors (Lipinski definition) is 13. The number of piperidine rings is 2. The van der Waals surface area contributed by atoms with Gasteiger partial charge in [0.25, 0.3) is 23.8 Å². The zero-order valence-electron chi connectivity index (χ0n) is 38.2. The second kappa shape index (κ2) is 20.8. The summed E-state index contributed by atoms with van der Waals surface area (Å²) in [7, 11) is 6.58. The van der Waals surface area contributed by atoms with Crippen LogP contribution >= 0.6 is 0 Å². The molecule has 1 aromatic heterocycles. The summed E-state index contributed by atoms with van der Waals surface area (Å²) in [6.07, 6.45) is 5.40. The van der Waals surface area contributed by atoms with Crippen molar-refractivity contribution in [3.63, 3.8) is 0 Å². The first kappa shape index (κ1) is 48.1. The number of aryl methyl sites for hydroxylation is 1. The van der Waals surface area contributed by atoms with Gasteiger partial charge in [-0.2, -0.15) is 0 Å². The second-order valence-corrected chi connectivity index (χ2v) is 17.2. The predicted molar refractivity (Wildman–Crippen MR) is 240 cm³/mol. The molecule has 3 aromatic rings. The number of unbranched alkanes of at least 4 members (excludes halogenated alkanes) is 1. The highest BCUT2D eigenvalue weighted by molar-refractivity contribution is 6.24. The summed E-state index contributed by atoms with van der Waals surface area (Å²) in [5, 5.41) is 11.8. The molecule has 67 heavy (non-hydrogen) atoms. The number of likely N-dealkylation sites (tertiary alicyclic amines) is 1. The quantitative estimate of drug-likeness (QED) is 0.134. The molecule has 1 atom stereocenters. The fourth-order valence-corrected chi connectivity index (χ4v) is 9.70. The lowest BCUT2D eigenvalue weighted by atomic mass is 9.88. The summed E-state index contributed by atoms with van der Waals surface area (Å²) in [4.78, 5) is 105. The van der Waals surface area contributed by atoms with Crippen molar-refractivity contribution >= 4 is 42.0 Å². The maximum atomic E-state index is 13.5. The molecular formula is C47H57N7O13. The first-order valence-electron chi connectivity index (χ1n) is 22.4. The Kier molecular flexibility index (Phi) is 14.9. The molecule has 5 aliphatic heterocycles. The Labute approximate surface area is 387 Å². The molecule has 3 N–H and O–H groups in total. The third-order valence-corrected chi connectivity index (χ3v) is 13.2. The number of nitrogens with zero attached hydrogens (tertiary/aromatic N) is 5. The summed E-state index contributed by atoms with van der Waals surface area (Å²) in [6.45, 7) is 4.24. The van der Waals surface area contributed by atoms with E-state index in [0.29, 0.717) is 75.5 Å². The Balaban J connectivity index is 0.00000216. The van der Waals surface area contributed by atoms with Gasteiger partial charge < -0.3 is 43.7 Å². The van der Waals surface area contributed by atoms with Crippen molar-refractivity contribution < 1.29 is 57.6 Å². The van der Waals surface area contributed by atoms with E-state index in [1.807, 2.05) is 23.2 Å². The molecule has 0 aliphatic carbocycles. The summed E-state index contributed by atoms with van der Waals surface area (Å²) in [6, 6.07) is 7.45. The Morgan fingerprint density at radius 1 is 0.925 bits per heavy atom. The van der Waals surface area contributed by atoms with Crippen molar-refractivity contribution in [1.82, 2.24) is 34.8 Å². The highest BCUT2D eigenvalue weighted by Gasteiger charge is 2.46. The third kappa shape index (κ3) is 10.00. The van der Waals surface area contributed by atoms with Crippen LogP contribution in [0.25, 0.3) is 11.1 Å². The highest BCUT2D eigenvalue weighted by atomic mass is 16.5. The Morgan fingerprint density at radius 3 is 2.31 bits per heavy atom. The van der Waals surface area contributed by atoms with E-state index >= 15 is 0 Å². The predicted octanol–water partition coefficient (Wildman–Crippen LogP) is 2.31. The van der Waals surface area contributed by atoms with Gasteiger partial charge in [-0.05, 0) is 73.9 Å². The molecule has 20 nitrogen and oxygen atoms in total. The number of urea groups is 1. The number of aromatic nitrogens is 1. The summed E-state index contributed by atoms with van der Waals surface area (Å²) >= 11 is 0. The van der Waals surface area contributed by atoms with Crippen LogP contribution in [0.2, 0.25) is 0 Å². The van der Waals surface area contributed by atoms with E-state index in [2.05, 4.69) is 15.5 Å². The van der Waals surface area contributed by atoms with E-state index in [0.717, 1.165) is 53.1 Å². The fraction of sp³-hybridized carbons (Fsp3) is 0.489. The minimum Gasteiger partial charge on any atom is -0.496 e. The van der Waals surface area contributed by atoms with Gasteiger partial charge >= 0.3 is 6.03 Å². The van der Waals surface area contributed by atoms with Gasteiger partial charge in [0.2, 0.25) is 17.7 Å². The van der Waals surface area contributed by atoms with E-state index in [-0.39, 0.29) is 66.8 Å². The van der Waals surface area contributed by atoms with Gasteiger partial charge in [0.05, 0.1) is 56.3 Å². The monoisotopic (exact) mass is 927 g/mol. The fourth-order valence-electron chi connectivity index (χ4n) is 9.70. The number of methoxy groups -OCH3 is 2. The van der Waals surface area contributed by atoms with E-state index in [4.69, 9.17) is 28.8 Å². The van der Waals surface area contributed by atoms with Crippen molar-refractivity contribution in [2.45, 2.75) is 76.1 Å². The minimum atomic E-state index is -1.06. The standard InChI is InChI=1S/C46H55N7O11.CH2O2/c1-47-45(60)51-16-13-29-31(24-49(2)42(57)32(29)26-51)28-22-36(61-3)33(37(23-28)62-4)25-50-17-14-46(15-18-50)27-52(19-21-64-46)39(55)10-5-6-20-63-35-9-7-8-30-40(35)44(59)53(43(30)58)34-11-12-38(54)48-41(34)56;2-1-3/h7-9,22-24,34H,5-6,10-21,25-27H2,1-4H3,(H,47,60)(H,48,54,56);1H,(H,2,3). The van der Waals surface area contributed by atoms with Crippen LogP contribution in [-0.4, -0.2) is 150 Å². The van der Waals surface area contributed by atoms with Crippen molar-refractivity contribution in [3.8, 4) is 28.4 Å². The number of carbonyl (C=O) groups is 7. The lowest BCUT2D eigenvalue weighted by molar-refractivity contribution is -0.159. The highest BCUT2D eigenvalue weighted by Crippen LogP contribution is 2.40.